The summed E-state index contributed by atoms with van der Waals surface area (Å²) in [5.41, 5.74) is 3.78. The molecule has 21 heavy (non-hydrogen) atoms. The molecule has 1 N–H and O–H groups in total. The fraction of sp³-hybridized carbons (Fsp3) is 0.333. The van der Waals surface area contributed by atoms with E-state index < -0.39 is 0 Å². The molecular formula is C18H24N2O. The molecule has 0 heterocycles. The number of hydrogen-bond acceptors (Lipinski definition) is 3. The van der Waals surface area contributed by atoms with Crippen LogP contribution in [-0.4, -0.2) is 21.2 Å². The van der Waals surface area contributed by atoms with Crippen LogP contribution in [0.25, 0.3) is 0 Å². The molecular weight excluding hydrogens is 260 g/mol. The van der Waals surface area contributed by atoms with Gasteiger partial charge in [-0.3, -0.25) is 0 Å². The van der Waals surface area contributed by atoms with Gasteiger partial charge in [0.25, 0.3) is 0 Å². The van der Waals surface area contributed by atoms with Gasteiger partial charge in [0, 0.05) is 32.4 Å². The number of methoxy groups -OCH3 is 1. The van der Waals surface area contributed by atoms with Crippen LogP contribution in [0.5, 0.6) is 5.75 Å². The second-order valence-corrected chi connectivity index (χ2v) is 5.44. The number of benzene rings is 2. The van der Waals surface area contributed by atoms with Crippen LogP contribution in [0, 0.1) is 0 Å². The van der Waals surface area contributed by atoms with E-state index in [9.17, 15) is 0 Å². The Kier molecular flexibility index (Phi) is 5.23. The van der Waals surface area contributed by atoms with E-state index in [1.165, 1.54) is 16.8 Å². The van der Waals surface area contributed by atoms with Crippen LogP contribution in [0.15, 0.2) is 48.5 Å². The van der Waals surface area contributed by atoms with Gasteiger partial charge in [-0.2, -0.15) is 0 Å². The summed E-state index contributed by atoms with van der Waals surface area (Å²) in [7, 11) is 5.80. The molecule has 0 bridgehead atoms. The quantitative estimate of drug-likeness (QED) is 0.877. The second-order valence-electron chi connectivity index (χ2n) is 5.44. The van der Waals surface area contributed by atoms with Crippen LogP contribution in [0.3, 0.4) is 0 Å². The van der Waals surface area contributed by atoms with E-state index >= 15 is 0 Å². The highest BCUT2D eigenvalue weighted by atomic mass is 16.5. The highest BCUT2D eigenvalue weighted by molar-refractivity contribution is 5.46. The summed E-state index contributed by atoms with van der Waals surface area (Å²) in [6, 6.07) is 17.2. The van der Waals surface area contributed by atoms with Crippen LogP contribution in [0.1, 0.15) is 24.1 Å². The Balaban J connectivity index is 1.92. The summed E-state index contributed by atoms with van der Waals surface area (Å²) in [4.78, 5) is 2.11. The Labute approximate surface area is 127 Å². The lowest BCUT2D eigenvalue weighted by Gasteiger charge is -2.17. The molecule has 1 unspecified atom stereocenters. The minimum absolute atomic E-state index is 0.323. The van der Waals surface area contributed by atoms with Crippen molar-refractivity contribution in [1.82, 2.24) is 5.32 Å². The standard InChI is InChI=1S/C18H24N2O/c1-14(16-7-9-17(10-8-16)20(2)3)19-13-15-5-11-18(21-4)12-6-15/h5-12,14,19H,13H2,1-4H3. The van der Waals surface area contributed by atoms with E-state index in [2.05, 4.69) is 67.6 Å². The van der Waals surface area contributed by atoms with E-state index in [1.807, 2.05) is 12.1 Å². The molecule has 3 nitrogen and oxygen atoms in total. The van der Waals surface area contributed by atoms with Crippen molar-refractivity contribution in [3.05, 3.63) is 59.7 Å². The van der Waals surface area contributed by atoms with Gasteiger partial charge in [-0.25, -0.2) is 0 Å². The van der Waals surface area contributed by atoms with Crippen LogP contribution >= 0.6 is 0 Å². The maximum absolute atomic E-state index is 5.17. The van der Waals surface area contributed by atoms with Gasteiger partial charge in [0.1, 0.15) is 5.75 Å². The van der Waals surface area contributed by atoms with Gasteiger partial charge in [0.2, 0.25) is 0 Å². The Bertz CT molecular complexity index is 546. The second kappa shape index (κ2) is 7.14. The zero-order valence-electron chi connectivity index (χ0n) is 13.3. The first kappa shape index (κ1) is 15.4. The summed E-state index contributed by atoms with van der Waals surface area (Å²) < 4.78 is 5.17. The third-order valence-corrected chi connectivity index (χ3v) is 3.68. The van der Waals surface area contributed by atoms with Gasteiger partial charge in [-0.05, 0) is 42.3 Å². The third-order valence-electron chi connectivity index (χ3n) is 3.68. The minimum Gasteiger partial charge on any atom is -0.497 e. The van der Waals surface area contributed by atoms with Crippen LogP contribution in [0.4, 0.5) is 5.69 Å². The van der Waals surface area contributed by atoms with Crippen LogP contribution in [0.2, 0.25) is 0 Å². The predicted octanol–water partition coefficient (Wildman–Crippen LogP) is 3.61. The maximum atomic E-state index is 5.17. The molecule has 0 aliphatic carbocycles. The van der Waals surface area contributed by atoms with Crippen molar-refractivity contribution in [1.29, 1.82) is 0 Å². The smallest absolute Gasteiger partial charge is 0.118 e. The van der Waals surface area contributed by atoms with Gasteiger partial charge in [-0.15, -0.1) is 0 Å². The lowest BCUT2D eigenvalue weighted by atomic mass is 10.1. The molecule has 2 aromatic carbocycles. The van der Waals surface area contributed by atoms with E-state index in [0.29, 0.717) is 6.04 Å². The van der Waals surface area contributed by atoms with Crippen molar-refractivity contribution in [2.75, 3.05) is 26.1 Å². The third kappa shape index (κ3) is 4.23. The van der Waals surface area contributed by atoms with Gasteiger partial charge in [0.15, 0.2) is 0 Å². The van der Waals surface area contributed by atoms with Gasteiger partial charge in [-0.1, -0.05) is 24.3 Å². The summed E-state index contributed by atoms with van der Waals surface area (Å²) in [5, 5.41) is 3.55. The minimum atomic E-state index is 0.323. The number of nitrogens with zero attached hydrogens (tertiary/aromatic N) is 1. The molecule has 2 aromatic rings. The molecule has 1 atom stereocenters. The Morgan fingerprint density at radius 1 is 1.00 bits per heavy atom. The molecule has 0 saturated carbocycles. The molecule has 3 heteroatoms. The van der Waals surface area contributed by atoms with Gasteiger partial charge >= 0.3 is 0 Å². The van der Waals surface area contributed by atoms with Crippen molar-refractivity contribution in [3.8, 4) is 5.75 Å². The van der Waals surface area contributed by atoms with Crippen molar-refractivity contribution in [2.45, 2.75) is 19.5 Å². The summed E-state index contributed by atoms with van der Waals surface area (Å²) in [6.07, 6.45) is 0. The monoisotopic (exact) mass is 284 g/mol. The molecule has 0 spiro atoms. The Morgan fingerprint density at radius 3 is 2.14 bits per heavy atom. The van der Waals surface area contributed by atoms with E-state index in [4.69, 9.17) is 4.74 Å². The van der Waals surface area contributed by atoms with E-state index in [0.717, 1.165) is 12.3 Å². The van der Waals surface area contributed by atoms with Crippen LogP contribution in [-0.2, 0) is 6.54 Å². The van der Waals surface area contributed by atoms with Gasteiger partial charge < -0.3 is 15.0 Å². The van der Waals surface area contributed by atoms with Crippen LogP contribution < -0.4 is 15.0 Å². The highest BCUT2D eigenvalue weighted by Crippen LogP contribution is 2.18. The fourth-order valence-corrected chi connectivity index (χ4v) is 2.19. The zero-order chi connectivity index (χ0) is 15.2. The largest absolute Gasteiger partial charge is 0.497 e. The molecule has 0 saturated heterocycles. The first-order valence-electron chi connectivity index (χ1n) is 7.23. The van der Waals surface area contributed by atoms with Gasteiger partial charge in [0.05, 0.1) is 7.11 Å². The van der Waals surface area contributed by atoms with Crippen molar-refractivity contribution >= 4 is 5.69 Å². The topological polar surface area (TPSA) is 24.5 Å². The zero-order valence-corrected chi connectivity index (χ0v) is 13.3. The predicted molar refractivity (Wildman–Crippen MR) is 89.0 cm³/mol. The molecule has 0 aliphatic heterocycles. The molecule has 112 valence electrons. The average Bonchev–Trinajstić information content (AvgIpc) is 2.53. The average molecular weight is 284 g/mol. The number of ether oxygens (including phenoxy) is 1. The maximum Gasteiger partial charge on any atom is 0.118 e. The highest BCUT2D eigenvalue weighted by Gasteiger charge is 2.05. The molecule has 0 aliphatic rings. The Morgan fingerprint density at radius 2 is 1.62 bits per heavy atom. The Hall–Kier alpha value is -2.00. The first-order chi connectivity index (χ1) is 10.1. The van der Waals surface area contributed by atoms with E-state index in [1.54, 1.807) is 7.11 Å². The SMILES string of the molecule is COc1ccc(CNC(C)c2ccc(N(C)C)cc2)cc1. The molecule has 2 rings (SSSR count). The molecule has 0 amide bonds. The van der Waals surface area contributed by atoms with Crippen molar-refractivity contribution in [2.24, 2.45) is 0 Å². The summed E-state index contributed by atoms with van der Waals surface area (Å²) in [5.74, 6) is 0.895. The fourth-order valence-electron chi connectivity index (χ4n) is 2.19. The number of hydrogen-bond donors (Lipinski definition) is 1. The normalized spacial score (nSPS) is 12.0. The summed E-state index contributed by atoms with van der Waals surface area (Å²) in [6.45, 7) is 3.04. The molecule has 0 aromatic heterocycles. The number of rotatable bonds is 6. The summed E-state index contributed by atoms with van der Waals surface area (Å²) >= 11 is 0. The van der Waals surface area contributed by atoms with Crippen molar-refractivity contribution < 1.29 is 4.74 Å². The lowest BCUT2D eigenvalue weighted by Crippen LogP contribution is -2.18. The first-order valence-corrected chi connectivity index (χ1v) is 7.23. The molecule has 0 fully saturated rings. The van der Waals surface area contributed by atoms with E-state index in [-0.39, 0.29) is 0 Å². The lowest BCUT2D eigenvalue weighted by molar-refractivity contribution is 0.414. The molecule has 0 radical (unpaired) electrons. The van der Waals surface area contributed by atoms with Crippen molar-refractivity contribution in [3.63, 3.8) is 0 Å². The number of nitrogens with one attached hydrogen (secondary N) is 1. The number of anilines is 1.